The van der Waals surface area contributed by atoms with Gasteiger partial charge >= 0.3 is 0 Å². The first-order valence-electron chi connectivity index (χ1n) is 15.3. The molecule has 0 aliphatic carbocycles. The summed E-state index contributed by atoms with van der Waals surface area (Å²) in [6, 6.07) is 51.3. The summed E-state index contributed by atoms with van der Waals surface area (Å²) in [5, 5.41) is 7.18. The lowest BCUT2D eigenvalue weighted by atomic mass is 9.99. The number of hydrogen-bond donors (Lipinski definition) is 2. The molecule has 0 bridgehead atoms. The lowest BCUT2D eigenvalue weighted by molar-refractivity contribution is 0.0967. The second-order valence-corrected chi connectivity index (χ2v) is 11.5. The molecule has 8 rings (SSSR count). The van der Waals surface area contributed by atoms with Crippen molar-refractivity contribution in [2.75, 3.05) is 20.4 Å². The number of hydrogen-bond acceptors (Lipinski definition) is 4. The molecule has 0 radical (unpaired) electrons. The Morgan fingerprint density at radius 3 is 1.24 bits per heavy atom. The van der Waals surface area contributed by atoms with Crippen LogP contribution < -0.4 is 20.4 Å². The minimum atomic E-state index is -0.381. The molecule has 2 N–H and O–H groups in total. The molecule has 0 saturated heterocycles. The van der Waals surface area contributed by atoms with Gasteiger partial charge in [0.25, 0.3) is 11.8 Å². The quantitative estimate of drug-likeness (QED) is 0.208. The number of carbonyl (C=O) groups excluding carboxylic acids is 2. The average Bonchev–Trinajstić information content (AvgIpc) is 3.12. The van der Waals surface area contributed by atoms with Crippen LogP contribution in [0.2, 0.25) is 0 Å². The Kier molecular flexibility index (Phi) is 6.80. The van der Waals surface area contributed by atoms with E-state index in [1.807, 2.05) is 168 Å². The molecule has 0 aromatic heterocycles. The molecule has 6 aromatic rings. The minimum Gasteiger partial charge on any atom is -0.360 e. The van der Waals surface area contributed by atoms with Crippen LogP contribution in [0.1, 0.15) is 44.2 Å². The van der Waals surface area contributed by atoms with Crippen molar-refractivity contribution in [3.63, 3.8) is 0 Å². The highest BCUT2D eigenvalue weighted by Crippen LogP contribution is 2.40. The van der Waals surface area contributed by atoms with Gasteiger partial charge in [0.15, 0.2) is 0 Å². The number of rotatable bonds is 5. The van der Waals surface area contributed by atoms with E-state index in [9.17, 15) is 9.59 Å². The van der Waals surface area contributed by atoms with E-state index in [-0.39, 0.29) is 24.1 Å². The molecular formula is C40H30N4O2. The molecule has 2 atom stereocenters. The first-order chi connectivity index (χ1) is 22.7. The Balaban J connectivity index is 1.20. The molecule has 2 heterocycles. The molecule has 222 valence electrons. The number of benzene rings is 6. The van der Waals surface area contributed by atoms with Gasteiger partial charge in [-0.05, 0) is 70.8 Å². The highest BCUT2D eigenvalue weighted by Gasteiger charge is 2.35. The van der Waals surface area contributed by atoms with E-state index in [0.29, 0.717) is 11.1 Å². The third kappa shape index (κ3) is 4.77. The Hall–Kier alpha value is -6.14. The van der Waals surface area contributed by atoms with Gasteiger partial charge in [-0.25, -0.2) is 0 Å². The second-order valence-electron chi connectivity index (χ2n) is 11.5. The molecule has 46 heavy (non-hydrogen) atoms. The van der Waals surface area contributed by atoms with Gasteiger partial charge in [-0.3, -0.25) is 19.4 Å². The summed E-state index contributed by atoms with van der Waals surface area (Å²) < 4.78 is 0. The lowest BCUT2D eigenvalue weighted by Gasteiger charge is -2.38. The Morgan fingerprint density at radius 1 is 0.413 bits per heavy atom. The maximum atomic E-state index is 14.1. The highest BCUT2D eigenvalue weighted by atomic mass is 16.2. The van der Waals surface area contributed by atoms with Gasteiger partial charge in [-0.1, -0.05) is 109 Å². The van der Waals surface area contributed by atoms with Crippen LogP contribution in [-0.2, 0) is 0 Å². The van der Waals surface area contributed by atoms with E-state index < -0.39 is 0 Å². The number of anilines is 4. The lowest BCUT2D eigenvalue weighted by Crippen LogP contribution is -2.43. The summed E-state index contributed by atoms with van der Waals surface area (Å²) in [7, 11) is 0. The SMILES string of the molecule is O=C1c2ccccc2NC(c2ccccc2)N1c1cccc(-c2cccc(N3C(=O)c4ccccc4NC3c3ccccc3)c2)c1. The van der Waals surface area contributed by atoms with Crippen molar-refractivity contribution in [2.24, 2.45) is 0 Å². The average molecular weight is 599 g/mol. The zero-order valence-corrected chi connectivity index (χ0v) is 24.9. The van der Waals surface area contributed by atoms with E-state index in [1.54, 1.807) is 0 Å². The topological polar surface area (TPSA) is 64.7 Å². The van der Waals surface area contributed by atoms with Crippen molar-refractivity contribution < 1.29 is 9.59 Å². The van der Waals surface area contributed by atoms with E-state index in [0.717, 1.165) is 45.0 Å². The fourth-order valence-corrected chi connectivity index (χ4v) is 6.45. The number of fused-ring (bicyclic) bond motifs is 2. The van der Waals surface area contributed by atoms with Crippen molar-refractivity contribution >= 4 is 34.6 Å². The molecular weight excluding hydrogens is 568 g/mol. The van der Waals surface area contributed by atoms with Gasteiger partial charge < -0.3 is 10.6 Å². The van der Waals surface area contributed by atoms with Crippen LogP contribution in [0.5, 0.6) is 0 Å². The largest absolute Gasteiger partial charge is 0.360 e. The third-order valence-electron chi connectivity index (χ3n) is 8.67. The summed E-state index contributed by atoms with van der Waals surface area (Å²) in [6.45, 7) is 0. The summed E-state index contributed by atoms with van der Waals surface area (Å²) >= 11 is 0. The van der Waals surface area contributed by atoms with Crippen molar-refractivity contribution in [1.82, 2.24) is 0 Å². The minimum absolute atomic E-state index is 0.0662. The van der Waals surface area contributed by atoms with Crippen LogP contribution in [0.15, 0.2) is 158 Å². The zero-order chi connectivity index (χ0) is 31.0. The van der Waals surface area contributed by atoms with E-state index >= 15 is 0 Å². The van der Waals surface area contributed by atoms with Gasteiger partial charge in [0, 0.05) is 22.7 Å². The first-order valence-corrected chi connectivity index (χ1v) is 15.3. The van der Waals surface area contributed by atoms with E-state index in [4.69, 9.17) is 0 Å². The first kappa shape index (κ1) is 27.4. The summed E-state index contributed by atoms with van der Waals surface area (Å²) in [5.41, 5.74) is 8.29. The van der Waals surface area contributed by atoms with Crippen molar-refractivity contribution in [1.29, 1.82) is 0 Å². The van der Waals surface area contributed by atoms with Crippen molar-refractivity contribution in [3.05, 3.63) is 180 Å². The number of carbonyl (C=O) groups is 2. The molecule has 6 nitrogen and oxygen atoms in total. The summed E-state index contributed by atoms with van der Waals surface area (Å²) in [5.74, 6) is -0.132. The molecule has 2 aliphatic heterocycles. The standard InChI is InChI=1S/C40H30N4O2/c45-39-33-21-7-9-23-35(33)41-37(27-13-3-1-4-14-27)43(39)31-19-11-17-29(25-31)30-18-12-20-32(26-30)44-38(28-15-5-2-6-16-28)42-36-24-10-8-22-34(36)40(44)46/h1-26,37-38,41-42H. The molecule has 0 fully saturated rings. The summed E-state index contributed by atoms with van der Waals surface area (Å²) in [4.78, 5) is 31.8. The highest BCUT2D eigenvalue weighted by molar-refractivity contribution is 6.13. The molecule has 0 spiro atoms. The fraction of sp³-hybridized carbons (Fsp3) is 0.0500. The number of nitrogens with zero attached hydrogens (tertiary/aromatic N) is 2. The smallest absolute Gasteiger partial charge is 0.262 e. The zero-order valence-electron chi connectivity index (χ0n) is 24.9. The van der Waals surface area contributed by atoms with Crippen molar-refractivity contribution in [3.8, 4) is 11.1 Å². The Morgan fingerprint density at radius 2 is 0.804 bits per heavy atom. The maximum absolute atomic E-state index is 14.1. The molecule has 6 aromatic carbocycles. The maximum Gasteiger partial charge on any atom is 0.262 e. The van der Waals surface area contributed by atoms with Crippen molar-refractivity contribution in [2.45, 2.75) is 12.3 Å². The van der Waals surface area contributed by atoms with Gasteiger partial charge in [-0.15, -0.1) is 0 Å². The molecule has 2 amide bonds. The molecule has 2 aliphatic rings. The summed E-state index contributed by atoms with van der Waals surface area (Å²) in [6.07, 6.45) is -0.761. The van der Waals surface area contributed by atoms with E-state index in [1.165, 1.54) is 0 Å². The van der Waals surface area contributed by atoms with Gasteiger partial charge in [0.2, 0.25) is 0 Å². The Bertz CT molecular complexity index is 1930. The number of nitrogens with one attached hydrogen (secondary N) is 2. The third-order valence-corrected chi connectivity index (χ3v) is 8.67. The normalized spacial score (nSPS) is 17.0. The van der Waals surface area contributed by atoms with Gasteiger partial charge in [0.05, 0.1) is 11.1 Å². The molecule has 0 saturated carbocycles. The Labute approximate surface area is 267 Å². The molecule has 6 heteroatoms. The fourth-order valence-electron chi connectivity index (χ4n) is 6.45. The van der Waals surface area contributed by atoms with Crippen LogP contribution in [0.4, 0.5) is 22.7 Å². The number of para-hydroxylation sites is 2. The van der Waals surface area contributed by atoms with Crippen LogP contribution in [-0.4, -0.2) is 11.8 Å². The monoisotopic (exact) mass is 598 g/mol. The van der Waals surface area contributed by atoms with Crippen LogP contribution >= 0.6 is 0 Å². The van der Waals surface area contributed by atoms with Gasteiger partial charge in [0.1, 0.15) is 12.3 Å². The van der Waals surface area contributed by atoms with Crippen LogP contribution in [0.25, 0.3) is 11.1 Å². The van der Waals surface area contributed by atoms with Gasteiger partial charge in [-0.2, -0.15) is 0 Å². The van der Waals surface area contributed by atoms with E-state index in [2.05, 4.69) is 10.6 Å². The molecule has 2 unspecified atom stereocenters. The second kappa shape index (κ2) is 11.4. The predicted octanol–water partition coefficient (Wildman–Crippen LogP) is 8.90. The van der Waals surface area contributed by atoms with Crippen LogP contribution in [0.3, 0.4) is 0 Å². The predicted molar refractivity (Wildman–Crippen MR) is 184 cm³/mol. The number of amides is 2. The van der Waals surface area contributed by atoms with Crippen LogP contribution in [0, 0.1) is 0 Å².